The molecular weight excluding hydrogens is 464 g/mol. The molecule has 0 radical (unpaired) electrons. The van der Waals surface area contributed by atoms with Gasteiger partial charge in [-0.05, 0) is 75.5 Å². The van der Waals surface area contributed by atoms with E-state index in [4.69, 9.17) is 9.47 Å². The van der Waals surface area contributed by atoms with Crippen molar-refractivity contribution in [2.24, 2.45) is 0 Å². The standard InChI is InChI=1S/C30H42N4O3/c1-6-17-33(18-7-2)22-25-12-14-27(15-13-25)36-23-26-10-8-24(9-11-26)20-31-21-28-32-16-19-34(28)29(35)37-30(3,4)5/h8-16,19,31H,6-7,17-18,20-23H2,1-5H3. The van der Waals surface area contributed by atoms with Crippen LogP contribution in [0.4, 0.5) is 4.79 Å². The van der Waals surface area contributed by atoms with Gasteiger partial charge in [0.2, 0.25) is 0 Å². The number of nitrogens with one attached hydrogen (secondary N) is 1. The number of carbonyl (C=O) groups is 1. The third-order valence-electron chi connectivity index (χ3n) is 5.76. The third kappa shape index (κ3) is 9.67. The van der Waals surface area contributed by atoms with Crippen LogP contribution >= 0.6 is 0 Å². The second-order valence-electron chi connectivity index (χ2n) is 10.3. The lowest BCUT2D eigenvalue weighted by Crippen LogP contribution is -2.28. The van der Waals surface area contributed by atoms with Crippen LogP contribution in [0.3, 0.4) is 0 Å². The summed E-state index contributed by atoms with van der Waals surface area (Å²) in [7, 11) is 0. The first-order chi connectivity index (χ1) is 17.8. The van der Waals surface area contributed by atoms with Crippen LogP contribution in [0.5, 0.6) is 5.75 Å². The predicted molar refractivity (Wildman–Crippen MR) is 147 cm³/mol. The quantitative estimate of drug-likeness (QED) is 0.300. The number of carbonyl (C=O) groups excluding carboxylic acids is 1. The Labute approximate surface area is 221 Å². The van der Waals surface area contributed by atoms with Crippen LogP contribution in [0.25, 0.3) is 0 Å². The van der Waals surface area contributed by atoms with E-state index < -0.39 is 11.7 Å². The molecule has 0 aliphatic rings. The number of aromatic nitrogens is 2. The largest absolute Gasteiger partial charge is 0.489 e. The molecular formula is C30H42N4O3. The molecule has 3 rings (SSSR count). The summed E-state index contributed by atoms with van der Waals surface area (Å²) in [5, 5.41) is 3.35. The highest BCUT2D eigenvalue weighted by atomic mass is 16.6. The molecule has 0 saturated heterocycles. The molecule has 7 heteroatoms. The summed E-state index contributed by atoms with van der Waals surface area (Å²) in [4.78, 5) is 19.1. The lowest BCUT2D eigenvalue weighted by Gasteiger charge is -2.21. The molecule has 0 fully saturated rings. The van der Waals surface area contributed by atoms with E-state index in [0.29, 0.717) is 25.5 Å². The topological polar surface area (TPSA) is 68.6 Å². The van der Waals surface area contributed by atoms with Gasteiger partial charge in [-0.3, -0.25) is 4.90 Å². The average Bonchev–Trinajstić information content (AvgIpc) is 3.33. The maximum Gasteiger partial charge on any atom is 0.420 e. The minimum absolute atomic E-state index is 0.421. The highest BCUT2D eigenvalue weighted by molar-refractivity contribution is 5.71. The maximum atomic E-state index is 12.3. The van der Waals surface area contributed by atoms with E-state index in [2.05, 4.69) is 77.6 Å². The minimum atomic E-state index is -0.550. The van der Waals surface area contributed by atoms with Crippen molar-refractivity contribution >= 4 is 6.09 Å². The van der Waals surface area contributed by atoms with Crippen molar-refractivity contribution in [3.63, 3.8) is 0 Å². The first kappa shape index (κ1) is 28.4. The Balaban J connectivity index is 1.43. The second-order valence-corrected chi connectivity index (χ2v) is 10.3. The Bertz CT molecular complexity index is 1080. The normalized spacial score (nSPS) is 11.6. The van der Waals surface area contributed by atoms with Crippen LogP contribution in [0.2, 0.25) is 0 Å². The summed E-state index contributed by atoms with van der Waals surface area (Å²) in [6.07, 6.45) is 5.17. The van der Waals surface area contributed by atoms with Crippen LogP contribution in [-0.4, -0.2) is 39.2 Å². The van der Waals surface area contributed by atoms with Gasteiger partial charge in [0.05, 0.1) is 6.54 Å². The number of benzene rings is 2. The first-order valence-electron chi connectivity index (χ1n) is 13.3. The van der Waals surface area contributed by atoms with Crippen LogP contribution in [0, 0.1) is 0 Å². The van der Waals surface area contributed by atoms with Crippen molar-refractivity contribution in [2.45, 2.75) is 79.3 Å². The van der Waals surface area contributed by atoms with Gasteiger partial charge in [0.1, 0.15) is 23.8 Å². The van der Waals surface area contributed by atoms with Crippen LogP contribution in [0.1, 0.15) is 70.0 Å². The summed E-state index contributed by atoms with van der Waals surface area (Å²) in [6.45, 7) is 14.9. The fourth-order valence-electron chi connectivity index (χ4n) is 4.03. The SMILES string of the molecule is CCCN(CCC)Cc1ccc(OCc2ccc(CNCc3nccn3C(=O)OC(C)(C)C)cc2)cc1. The Kier molecular flexibility index (Phi) is 10.7. The zero-order chi connectivity index (χ0) is 26.7. The molecule has 0 amide bonds. The Morgan fingerprint density at radius 2 is 1.54 bits per heavy atom. The van der Waals surface area contributed by atoms with Crippen LogP contribution < -0.4 is 10.1 Å². The van der Waals surface area contributed by atoms with Gasteiger partial charge in [0.25, 0.3) is 0 Å². The average molecular weight is 507 g/mol. The Hall–Kier alpha value is -3.16. The van der Waals surface area contributed by atoms with Crippen molar-refractivity contribution in [3.8, 4) is 5.75 Å². The molecule has 3 aromatic rings. The Morgan fingerprint density at radius 1 is 0.919 bits per heavy atom. The molecule has 1 N–H and O–H groups in total. The fraction of sp³-hybridized carbons (Fsp3) is 0.467. The molecule has 1 aromatic heterocycles. The molecule has 0 saturated carbocycles. The fourth-order valence-corrected chi connectivity index (χ4v) is 4.03. The Morgan fingerprint density at radius 3 is 2.16 bits per heavy atom. The van der Waals surface area contributed by atoms with Crippen LogP contribution in [0.15, 0.2) is 60.9 Å². The van der Waals surface area contributed by atoms with E-state index in [9.17, 15) is 4.79 Å². The smallest absolute Gasteiger partial charge is 0.420 e. The summed E-state index contributed by atoms with van der Waals surface area (Å²) in [6, 6.07) is 16.8. The molecule has 7 nitrogen and oxygen atoms in total. The van der Waals surface area contributed by atoms with E-state index >= 15 is 0 Å². The van der Waals surface area contributed by atoms with Gasteiger partial charge in [-0.25, -0.2) is 14.3 Å². The summed E-state index contributed by atoms with van der Waals surface area (Å²) in [5.74, 6) is 1.50. The molecule has 0 atom stereocenters. The van der Waals surface area contributed by atoms with Gasteiger partial charge < -0.3 is 14.8 Å². The maximum absolute atomic E-state index is 12.3. The zero-order valence-corrected chi connectivity index (χ0v) is 23.0. The van der Waals surface area contributed by atoms with E-state index in [-0.39, 0.29) is 0 Å². The molecule has 0 spiro atoms. The molecule has 0 aliphatic heterocycles. The molecule has 0 bridgehead atoms. The second kappa shape index (κ2) is 14.0. The number of nitrogens with zero attached hydrogens (tertiary/aromatic N) is 3. The van der Waals surface area contributed by atoms with Gasteiger partial charge in [-0.15, -0.1) is 0 Å². The first-order valence-corrected chi connectivity index (χ1v) is 13.3. The molecule has 0 unspecified atom stereocenters. The lowest BCUT2D eigenvalue weighted by atomic mass is 10.1. The van der Waals surface area contributed by atoms with Crippen molar-refractivity contribution in [1.29, 1.82) is 0 Å². The van der Waals surface area contributed by atoms with Gasteiger partial charge >= 0.3 is 6.09 Å². The van der Waals surface area contributed by atoms with E-state index in [1.165, 1.54) is 23.0 Å². The van der Waals surface area contributed by atoms with Crippen LogP contribution in [-0.2, 0) is 31.0 Å². The number of ether oxygens (including phenoxy) is 2. The number of hydrogen-bond donors (Lipinski definition) is 1. The number of rotatable bonds is 13. The van der Waals surface area contributed by atoms with Crippen molar-refractivity contribution in [1.82, 2.24) is 19.8 Å². The highest BCUT2D eigenvalue weighted by Gasteiger charge is 2.19. The highest BCUT2D eigenvalue weighted by Crippen LogP contribution is 2.16. The molecule has 37 heavy (non-hydrogen) atoms. The zero-order valence-electron chi connectivity index (χ0n) is 23.0. The van der Waals surface area contributed by atoms with Gasteiger partial charge in [0, 0.05) is 25.5 Å². The van der Waals surface area contributed by atoms with Gasteiger partial charge in [-0.1, -0.05) is 50.2 Å². The van der Waals surface area contributed by atoms with E-state index in [1.807, 2.05) is 20.8 Å². The number of imidazole rings is 1. The third-order valence-corrected chi connectivity index (χ3v) is 5.76. The molecule has 200 valence electrons. The van der Waals surface area contributed by atoms with E-state index in [0.717, 1.165) is 36.5 Å². The van der Waals surface area contributed by atoms with E-state index in [1.54, 1.807) is 12.4 Å². The molecule has 0 aliphatic carbocycles. The van der Waals surface area contributed by atoms with Gasteiger partial charge in [-0.2, -0.15) is 0 Å². The van der Waals surface area contributed by atoms with Crippen molar-refractivity contribution < 1.29 is 14.3 Å². The monoisotopic (exact) mass is 506 g/mol. The minimum Gasteiger partial charge on any atom is -0.489 e. The summed E-state index contributed by atoms with van der Waals surface area (Å²) >= 11 is 0. The molecule has 1 heterocycles. The summed E-state index contributed by atoms with van der Waals surface area (Å²) < 4.78 is 12.9. The molecule has 2 aromatic carbocycles. The summed E-state index contributed by atoms with van der Waals surface area (Å²) in [5.41, 5.74) is 3.03. The van der Waals surface area contributed by atoms with Gasteiger partial charge in [0.15, 0.2) is 0 Å². The number of hydrogen-bond acceptors (Lipinski definition) is 6. The lowest BCUT2D eigenvalue weighted by molar-refractivity contribution is 0.0531. The predicted octanol–water partition coefficient (Wildman–Crippen LogP) is 6.16. The van der Waals surface area contributed by atoms with Crippen molar-refractivity contribution in [3.05, 3.63) is 83.4 Å². The van der Waals surface area contributed by atoms with Crippen molar-refractivity contribution in [2.75, 3.05) is 13.1 Å².